The summed E-state index contributed by atoms with van der Waals surface area (Å²) in [5.41, 5.74) is 5.98. The molecular weight excluding hydrogens is 236 g/mol. The van der Waals surface area contributed by atoms with Crippen LogP contribution in [0, 0.1) is 5.92 Å². The Labute approximate surface area is 118 Å². The lowest BCUT2D eigenvalue weighted by atomic mass is 9.91. The summed E-state index contributed by atoms with van der Waals surface area (Å²) in [4.78, 5) is 14.2. The van der Waals surface area contributed by atoms with Gasteiger partial charge in [0.05, 0.1) is 6.04 Å². The molecule has 0 aromatic carbocycles. The van der Waals surface area contributed by atoms with Crippen LogP contribution in [0.5, 0.6) is 0 Å². The van der Waals surface area contributed by atoms with E-state index in [1.54, 1.807) is 0 Å². The highest BCUT2D eigenvalue weighted by Crippen LogP contribution is 2.23. The fraction of sp³-hybridized carbons (Fsp3) is 0.938. The molecule has 0 aromatic rings. The van der Waals surface area contributed by atoms with Crippen molar-refractivity contribution < 1.29 is 4.79 Å². The van der Waals surface area contributed by atoms with Crippen LogP contribution < -0.4 is 5.73 Å². The molecule has 0 radical (unpaired) electrons. The zero-order chi connectivity index (χ0) is 14.1. The second-order valence-corrected chi connectivity index (χ2v) is 6.01. The molecular formula is C16H32N2O. The lowest BCUT2D eigenvalue weighted by Gasteiger charge is -2.33. The Balaban J connectivity index is 2.23. The maximum Gasteiger partial charge on any atom is 0.239 e. The first-order valence-electron chi connectivity index (χ1n) is 8.23. The van der Waals surface area contributed by atoms with Gasteiger partial charge in [0.25, 0.3) is 0 Å². The number of rotatable bonds is 8. The number of unbranched alkanes of at least 4 members (excludes halogenated alkanes) is 3. The summed E-state index contributed by atoms with van der Waals surface area (Å²) in [5.74, 6) is 1.02. The molecule has 0 saturated carbocycles. The third-order valence-corrected chi connectivity index (χ3v) is 4.33. The van der Waals surface area contributed by atoms with Crippen molar-refractivity contribution in [3.8, 4) is 0 Å². The summed E-state index contributed by atoms with van der Waals surface area (Å²) in [6.07, 6.45) is 10.7. The number of nitrogens with zero attached hydrogens (tertiary/aromatic N) is 1. The van der Waals surface area contributed by atoms with Crippen molar-refractivity contribution in [3.05, 3.63) is 0 Å². The van der Waals surface area contributed by atoms with Gasteiger partial charge in [-0.05, 0) is 25.2 Å². The molecule has 3 nitrogen and oxygen atoms in total. The van der Waals surface area contributed by atoms with Crippen molar-refractivity contribution in [2.24, 2.45) is 11.7 Å². The van der Waals surface area contributed by atoms with Crippen molar-refractivity contribution in [1.82, 2.24) is 4.90 Å². The van der Waals surface area contributed by atoms with Crippen molar-refractivity contribution in [3.63, 3.8) is 0 Å². The summed E-state index contributed by atoms with van der Waals surface area (Å²) in [5, 5.41) is 0. The lowest BCUT2D eigenvalue weighted by Crippen LogP contribution is -2.47. The van der Waals surface area contributed by atoms with Gasteiger partial charge in [-0.1, -0.05) is 52.4 Å². The molecule has 0 bridgehead atoms. The number of carbonyl (C=O) groups is 1. The van der Waals surface area contributed by atoms with E-state index in [9.17, 15) is 4.79 Å². The number of carbonyl (C=O) groups excluding carboxylic acids is 1. The molecule has 1 amide bonds. The number of nitrogens with two attached hydrogens (primary N) is 1. The zero-order valence-corrected chi connectivity index (χ0v) is 12.9. The SMILES string of the molecule is CCCCCC1CCN(C(=O)C(N)CCCC)CC1. The Hall–Kier alpha value is -0.570. The third kappa shape index (κ3) is 5.94. The predicted molar refractivity (Wildman–Crippen MR) is 80.9 cm³/mol. The highest BCUT2D eigenvalue weighted by molar-refractivity contribution is 5.81. The maximum absolute atomic E-state index is 12.2. The van der Waals surface area contributed by atoms with E-state index in [1.807, 2.05) is 4.90 Å². The Morgan fingerprint density at radius 1 is 1.16 bits per heavy atom. The molecule has 1 aliphatic heterocycles. The minimum Gasteiger partial charge on any atom is -0.341 e. The predicted octanol–water partition coefficient (Wildman–Crippen LogP) is 3.32. The zero-order valence-electron chi connectivity index (χ0n) is 12.9. The monoisotopic (exact) mass is 268 g/mol. The Morgan fingerprint density at radius 3 is 2.37 bits per heavy atom. The van der Waals surface area contributed by atoms with Crippen LogP contribution in [0.15, 0.2) is 0 Å². The summed E-state index contributed by atoms with van der Waals surface area (Å²) in [6.45, 7) is 6.24. The van der Waals surface area contributed by atoms with E-state index in [0.29, 0.717) is 0 Å². The largest absolute Gasteiger partial charge is 0.341 e. The van der Waals surface area contributed by atoms with Crippen LogP contribution in [-0.4, -0.2) is 29.9 Å². The van der Waals surface area contributed by atoms with E-state index in [1.165, 1.54) is 38.5 Å². The molecule has 19 heavy (non-hydrogen) atoms. The van der Waals surface area contributed by atoms with Gasteiger partial charge < -0.3 is 10.6 Å². The minimum absolute atomic E-state index is 0.181. The fourth-order valence-corrected chi connectivity index (χ4v) is 2.91. The van der Waals surface area contributed by atoms with Gasteiger partial charge in [0.15, 0.2) is 0 Å². The van der Waals surface area contributed by atoms with Crippen LogP contribution in [0.1, 0.15) is 71.6 Å². The average Bonchev–Trinajstić information content (AvgIpc) is 2.45. The van der Waals surface area contributed by atoms with Crippen molar-refractivity contribution in [2.75, 3.05) is 13.1 Å². The highest BCUT2D eigenvalue weighted by atomic mass is 16.2. The molecule has 112 valence electrons. The molecule has 0 aliphatic carbocycles. The standard InChI is InChI=1S/C16H32N2O/c1-3-5-7-8-14-10-12-18(13-11-14)16(19)15(17)9-6-4-2/h14-15H,3-13,17H2,1-2H3. The van der Waals surface area contributed by atoms with Crippen LogP contribution in [0.3, 0.4) is 0 Å². The third-order valence-electron chi connectivity index (χ3n) is 4.33. The van der Waals surface area contributed by atoms with Crippen LogP contribution in [0.2, 0.25) is 0 Å². The molecule has 1 aliphatic rings. The Morgan fingerprint density at radius 2 is 1.79 bits per heavy atom. The normalized spacial score (nSPS) is 18.6. The summed E-state index contributed by atoms with van der Waals surface area (Å²) >= 11 is 0. The van der Waals surface area contributed by atoms with Crippen LogP contribution >= 0.6 is 0 Å². The maximum atomic E-state index is 12.2. The summed E-state index contributed by atoms with van der Waals surface area (Å²) < 4.78 is 0. The number of amides is 1. The average molecular weight is 268 g/mol. The topological polar surface area (TPSA) is 46.3 Å². The van der Waals surface area contributed by atoms with E-state index in [4.69, 9.17) is 5.73 Å². The first-order valence-corrected chi connectivity index (χ1v) is 8.23. The van der Waals surface area contributed by atoms with E-state index in [2.05, 4.69) is 13.8 Å². The summed E-state index contributed by atoms with van der Waals surface area (Å²) in [7, 11) is 0. The molecule has 1 unspecified atom stereocenters. The first kappa shape index (κ1) is 16.5. The number of piperidine rings is 1. The molecule has 1 atom stereocenters. The Bertz CT molecular complexity index is 247. The van der Waals surface area contributed by atoms with Gasteiger partial charge in [-0.25, -0.2) is 0 Å². The molecule has 1 rings (SSSR count). The fourth-order valence-electron chi connectivity index (χ4n) is 2.91. The van der Waals surface area contributed by atoms with E-state index < -0.39 is 0 Å². The van der Waals surface area contributed by atoms with E-state index in [0.717, 1.165) is 38.3 Å². The van der Waals surface area contributed by atoms with Gasteiger partial charge in [0.1, 0.15) is 0 Å². The van der Waals surface area contributed by atoms with Crippen molar-refractivity contribution in [2.45, 2.75) is 77.7 Å². The Kier molecular flexibility index (Phi) is 8.11. The van der Waals surface area contributed by atoms with Gasteiger partial charge >= 0.3 is 0 Å². The van der Waals surface area contributed by atoms with Crippen molar-refractivity contribution in [1.29, 1.82) is 0 Å². The van der Waals surface area contributed by atoms with Gasteiger partial charge in [0.2, 0.25) is 5.91 Å². The van der Waals surface area contributed by atoms with Gasteiger partial charge in [-0.3, -0.25) is 4.79 Å². The smallest absolute Gasteiger partial charge is 0.239 e. The van der Waals surface area contributed by atoms with Gasteiger partial charge in [-0.15, -0.1) is 0 Å². The minimum atomic E-state index is -0.267. The second kappa shape index (κ2) is 9.35. The first-order chi connectivity index (χ1) is 9.19. The van der Waals surface area contributed by atoms with Gasteiger partial charge in [0, 0.05) is 13.1 Å². The molecule has 1 fully saturated rings. The van der Waals surface area contributed by atoms with Crippen LogP contribution in [-0.2, 0) is 4.79 Å². The summed E-state index contributed by atoms with van der Waals surface area (Å²) in [6, 6.07) is -0.267. The highest BCUT2D eigenvalue weighted by Gasteiger charge is 2.25. The molecule has 0 spiro atoms. The molecule has 1 heterocycles. The quantitative estimate of drug-likeness (QED) is 0.686. The van der Waals surface area contributed by atoms with E-state index in [-0.39, 0.29) is 11.9 Å². The lowest BCUT2D eigenvalue weighted by molar-refractivity contribution is -0.134. The van der Waals surface area contributed by atoms with Crippen LogP contribution in [0.25, 0.3) is 0 Å². The second-order valence-electron chi connectivity index (χ2n) is 6.01. The van der Waals surface area contributed by atoms with Gasteiger partial charge in [-0.2, -0.15) is 0 Å². The molecule has 0 aromatic heterocycles. The molecule has 1 saturated heterocycles. The number of hydrogen-bond acceptors (Lipinski definition) is 2. The molecule has 2 N–H and O–H groups in total. The number of likely N-dealkylation sites (tertiary alicyclic amines) is 1. The van der Waals surface area contributed by atoms with Crippen molar-refractivity contribution >= 4 is 5.91 Å². The van der Waals surface area contributed by atoms with Crippen LogP contribution in [0.4, 0.5) is 0 Å². The number of hydrogen-bond donors (Lipinski definition) is 1. The van der Waals surface area contributed by atoms with E-state index >= 15 is 0 Å². The molecule has 3 heteroatoms.